The van der Waals surface area contributed by atoms with Crippen LogP contribution in [0.2, 0.25) is 0 Å². The van der Waals surface area contributed by atoms with Crippen LogP contribution in [0.5, 0.6) is 0 Å². The highest BCUT2D eigenvalue weighted by molar-refractivity contribution is 9.10. The molecule has 0 aromatic heterocycles. The summed E-state index contributed by atoms with van der Waals surface area (Å²) in [7, 11) is 0. The van der Waals surface area contributed by atoms with Gasteiger partial charge in [-0.25, -0.2) is 0 Å². The summed E-state index contributed by atoms with van der Waals surface area (Å²) in [5.41, 5.74) is 0.633. The van der Waals surface area contributed by atoms with Crippen LogP contribution in [0.3, 0.4) is 0 Å². The van der Waals surface area contributed by atoms with Gasteiger partial charge in [0.2, 0.25) is 0 Å². The van der Waals surface area contributed by atoms with Crippen molar-refractivity contribution in [2.45, 2.75) is 9.79 Å². The third-order valence-electron chi connectivity index (χ3n) is 2.37. The van der Waals surface area contributed by atoms with Crippen molar-refractivity contribution in [3.63, 3.8) is 0 Å². The summed E-state index contributed by atoms with van der Waals surface area (Å²) in [6.07, 6.45) is 0.790. The highest BCUT2D eigenvalue weighted by Crippen LogP contribution is 2.32. The van der Waals surface area contributed by atoms with Gasteiger partial charge in [0.25, 0.3) is 5.69 Å². The SMILES string of the molecule is O=Cc1cc(Br)ccc1Sc1ccc([N+](=O)[O-])cc1. The molecule has 0 amide bonds. The van der Waals surface area contributed by atoms with E-state index >= 15 is 0 Å². The molecule has 0 unspecified atom stereocenters. The van der Waals surface area contributed by atoms with Gasteiger partial charge in [-0.05, 0) is 30.3 Å². The van der Waals surface area contributed by atoms with E-state index < -0.39 is 4.92 Å². The minimum atomic E-state index is -0.440. The zero-order valence-electron chi connectivity index (χ0n) is 9.58. The van der Waals surface area contributed by atoms with Gasteiger partial charge in [-0.15, -0.1) is 0 Å². The predicted molar refractivity (Wildman–Crippen MR) is 76.7 cm³/mol. The number of carbonyl (C=O) groups excluding carboxylic acids is 1. The van der Waals surface area contributed by atoms with Crippen LogP contribution in [-0.2, 0) is 0 Å². The second-order valence-corrected chi connectivity index (χ2v) is 5.68. The maximum Gasteiger partial charge on any atom is 0.269 e. The van der Waals surface area contributed by atoms with Gasteiger partial charge in [-0.3, -0.25) is 14.9 Å². The molecular weight excluding hydrogens is 330 g/mol. The van der Waals surface area contributed by atoms with Gasteiger partial charge in [0, 0.05) is 32.0 Å². The molecule has 4 nitrogen and oxygen atoms in total. The molecule has 0 spiro atoms. The summed E-state index contributed by atoms with van der Waals surface area (Å²) >= 11 is 4.70. The molecule has 0 aliphatic carbocycles. The molecule has 2 aromatic rings. The molecule has 0 saturated heterocycles. The minimum absolute atomic E-state index is 0.0516. The topological polar surface area (TPSA) is 60.2 Å². The summed E-state index contributed by atoms with van der Waals surface area (Å²) in [6.45, 7) is 0. The van der Waals surface area contributed by atoms with Crippen LogP contribution >= 0.6 is 27.7 Å². The van der Waals surface area contributed by atoms with E-state index in [4.69, 9.17) is 0 Å². The zero-order chi connectivity index (χ0) is 13.8. The van der Waals surface area contributed by atoms with Gasteiger partial charge in [0.05, 0.1) is 4.92 Å². The van der Waals surface area contributed by atoms with Crippen molar-refractivity contribution >= 4 is 39.7 Å². The van der Waals surface area contributed by atoms with Crippen LogP contribution in [0.1, 0.15) is 10.4 Å². The van der Waals surface area contributed by atoms with Crippen molar-refractivity contribution in [3.8, 4) is 0 Å². The number of aldehydes is 1. The van der Waals surface area contributed by atoms with Crippen LogP contribution in [0.25, 0.3) is 0 Å². The van der Waals surface area contributed by atoms with Crippen LogP contribution in [0, 0.1) is 10.1 Å². The number of nitro benzene ring substituents is 1. The van der Waals surface area contributed by atoms with Crippen molar-refractivity contribution in [1.82, 2.24) is 0 Å². The van der Waals surface area contributed by atoms with Gasteiger partial charge in [0.15, 0.2) is 6.29 Å². The molecule has 0 heterocycles. The van der Waals surface area contributed by atoms with E-state index in [1.165, 1.54) is 23.9 Å². The fraction of sp³-hybridized carbons (Fsp3) is 0. The van der Waals surface area contributed by atoms with Gasteiger partial charge in [-0.2, -0.15) is 0 Å². The normalized spacial score (nSPS) is 10.2. The van der Waals surface area contributed by atoms with E-state index in [9.17, 15) is 14.9 Å². The number of non-ortho nitro benzene ring substituents is 1. The summed E-state index contributed by atoms with van der Waals surface area (Å²) in [5.74, 6) is 0. The first kappa shape index (κ1) is 13.8. The van der Waals surface area contributed by atoms with E-state index in [1.54, 1.807) is 18.2 Å². The number of benzene rings is 2. The molecule has 0 aliphatic heterocycles. The molecule has 0 bridgehead atoms. The Morgan fingerprint density at radius 2 is 1.84 bits per heavy atom. The second-order valence-electron chi connectivity index (χ2n) is 3.65. The molecule has 0 radical (unpaired) electrons. The van der Waals surface area contributed by atoms with Crippen molar-refractivity contribution in [2.75, 3.05) is 0 Å². The van der Waals surface area contributed by atoms with E-state index in [0.29, 0.717) is 5.56 Å². The maximum absolute atomic E-state index is 11.0. The largest absolute Gasteiger partial charge is 0.298 e. The average molecular weight is 338 g/mol. The van der Waals surface area contributed by atoms with E-state index in [-0.39, 0.29) is 5.69 Å². The molecular formula is C13H8BrNO3S. The van der Waals surface area contributed by atoms with Crippen molar-refractivity contribution in [1.29, 1.82) is 0 Å². The summed E-state index contributed by atoms with van der Waals surface area (Å²) in [4.78, 5) is 22.8. The van der Waals surface area contributed by atoms with Gasteiger partial charge >= 0.3 is 0 Å². The van der Waals surface area contributed by atoms with Crippen LogP contribution in [0.4, 0.5) is 5.69 Å². The highest BCUT2D eigenvalue weighted by Gasteiger charge is 2.07. The minimum Gasteiger partial charge on any atom is -0.298 e. The highest BCUT2D eigenvalue weighted by atomic mass is 79.9. The first-order valence-electron chi connectivity index (χ1n) is 5.27. The number of carbonyl (C=O) groups is 1. The Morgan fingerprint density at radius 1 is 1.16 bits per heavy atom. The lowest BCUT2D eigenvalue weighted by Crippen LogP contribution is -1.87. The monoisotopic (exact) mass is 337 g/mol. The molecule has 0 aliphatic rings. The first-order valence-corrected chi connectivity index (χ1v) is 6.88. The maximum atomic E-state index is 11.0. The molecule has 2 aromatic carbocycles. The Bertz CT molecular complexity index is 628. The lowest BCUT2D eigenvalue weighted by molar-refractivity contribution is -0.384. The molecule has 0 N–H and O–H groups in total. The Morgan fingerprint density at radius 3 is 2.42 bits per heavy atom. The van der Waals surface area contributed by atoms with Gasteiger partial charge in [-0.1, -0.05) is 27.7 Å². The lowest BCUT2D eigenvalue weighted by atomic mass is 10.2. The van der Waals surface area contributed by atoms with E-state index in [2.05, 4.69) is 15.9 Å². The fourth-order valence-electron chi connectivity index (χ4n) is 1.47. The number of nitro groups is 1. The average Bonchev–Trinajstić information content (AvgIpc) is 2.41. The third-order valence-corrected chi connectivity index (χ3v) is 3.97. The molecule has 0 fully saturated rings. The fourth-order valence-corrected chi connectivity index (χ4v) is 2.73. The second kappa shape index (κ2) is 5.99. The smallest absolute Gasteiger partial charge is 0.269 e. The summed E-state index contributed by atoms with van der Waals surface area (Å²) < 4.78 is 0.836. The molecule has 6 heteroatoms. The molecule has 2 rings (SSSR count). The van der Waals surface area contributed by atoms with Crippen LogP contribution < -0.4 is 0 Å². The quantitative estimate of drug-likeness (QED) is 0.473. The van der Waals surface area contributed by atoms with Crippen LogP contribution in [-0.4, -0.2) is 11.2 Å². The zero-order valence-corrected chi connectivity index (χ0v) is 12.0. The lowest BCUT2D eigenvalue weighted by Gasteiger charge is -2.05. The Labute approximate surface area is 122 Å². The van der Waals surface area contributed by atoms with Crippen molar-refractivity contribution < 1.29 is 9.72 Å². The van der Waals surface area contributed by atoms with Crippen LogP contribution in [0.15, 0.2) is 56.7 Å². The van der Waals surface area contributed by atoms with Gasteiger partial charge in [0.1, 0.15) is 0 Å². The Balaban J connectivity index is 2.26. The van der Waals surface area contributed by atoms with E-state index in [1.807, 2.05) is 12.1 Å². The number of nitrogens with zero attached hydrogens (tertiary/aromatic N) is 1. The Hall–Kier alpha value is -1.66. The number of hydrogen-bond donors (Lipinski definition) is 0. The first-order chi connectivity index (χ1) is 9.10. The molecule has 0 saturated carbocycles. The molecule has 19 heavy (non-hydrogen) atoms. The van der Waals surface area contributed by atoms with Crippen molar-refractivity contribution in [3.05, 3.63) is 62.6 Å². The van der Waals surface area contributed by atoms with Gasteiger partial charge < -0.3 is 0 Å². The number of rotatable bonds is 4. The number of hydrogen-bond acceptors (Lipinski definition) is 4. The molecule has 0 atom stereocenters. The summed E-state index contributed by atoms with van der Waals surface area (Å²) in [6, 6.07) is 11.6. The summed E-state index contributed by atoms with van der Waals surface area (Å²) in [5, 5.41) is 10.6. The van der Waals surface area contributed by atoms with Crippen molar-refractivity contribution in [2.24, 2.45) is 0 Å². The third kappa shape index (κ3) is 3.42. The predicted octanol–water partition coefficient (Wildman–Crippen LogP) is 4.32. The molecule has 96 valence electrons. The Kier molecular flexibility index (Phi) is 4.34. The van der Waals surface area contributed by atoms with E-state index in [0.717, 1.165) is 20.5 Å². The number of halogens is 1. The standard InChI is InChI=1S/C13H8BrNO3S/c14-10-1-6-13(9(7-10)8-16)19-12-4-2-11(3-5-12)15(17)18/h1-8H.